The molecule has 62 valence electrons. The summed E-state index contributed by atoms with van der Waals surface area (Å²) in [6.45, 7) is 2.37. The molecule has 0 aliphatic rings. The first-order valence-corrected chi connectivity index (χ1v) is 3.96. The zero-order valence-corrected chi connectivity index (χ0v) is 7.52. The Morgan fingerprint density at radius 3 is 3.17 bits per heavy atom. The molecule has 0 saturated heterocycles. The van der Waals surface area contributed by atoms with Gasteiger partial charge < -0.3 is 5.32 Å². The lowest BCUT2D eigenvalue weighted by Gasteiger charge is -2.01. The number of aromatic nitrogens is 1. The number of anilines is 1. The quantitative estimate of drug-likeness (QED) is 0.706. The van der Waals surface area contributed by atoms with E-state index < -0.39 is 0 Å². The van der Waals surface area contributed by atoms with Gasteiger partial charge in [-0.15, -0.1) is 5.92 Å². The number of hydrogen-bond acceptors (Lipinski definition) is 2. The number of hydrogen-bond donors (Lipinski definition) is 1. The standard InChI is InChI=1S/C9H9ClN2/c1-2-3-6-11-9-8(10)5-4-7-12-9/h4-5,7H,6H2,1H3,(H,11,12). The second-order valence-corrected chi connectivity index (χ2v) is 2.52. The molecular weight excluding hydrogens is 172 g/mol. The molecule has 1 heterocycles. The molecule has 0 aliphatic heterocycles. The van der Waals surface area contributed by atoms with Gasteiger partial charge in [0.1, 0.15) is 5.82 Å². The van der Waals surface area contributed by atoms with Crippen LogP contribution in [-0.2, 0) is 0 Å². The van der Waals surface area contributed by atoms with Crippen LogP contribution in [0.4, 0.5) is 5.82 Å². The van der Waals surface area contributed by atoms with Crippen LogP contribution in [0.15, 0.2) is 18.3 Å². The number of rotatable bonds is 2. The molecule has 2 nitrogen and oxygen atoms in total. The Balaban J connectivity index is 2.61. The second kappa shape index (κ2) is 4.63. The van der Waals surface area contributed by atoms with Crippen LogP contribution in [0.5, 0.6) is 0 Å². The van der Waals surface area contributed by atoms with E-state index in [0.717, 1.165) is 0 Å². The van der Waals surface area contributed by atoms with Crippen LogP contribution in [0.25, 0.3) is 0 Å². The Bertz CT molecular complexity index is 312. The molecule has 12 heavy (non-hydrogen) atoms. The third-order valence-electron chi connectivity index (χ3n) is 1.28. The topological polar surface area (TPSA) is 24.9 Å². The number of halogens is 1. The van der Waals surface area contributed by atoms with Gasteiger partial charge in [-0.05, 0) is 19.1 Å². The lowest BCUT2D eigenvalue weighted by atomic mass is 10.4. The fourth-order valence-corrected chi connectivity index (χ4v) is 0.920. The molecule has 3 heteroatoms. The van der Waals surface area contributed by atoms with Crippen LogP contribution in [0.2, 0.25) is 5.02 Å². The Morgan fingerprint density at radius 2 is 2.50 bits per heavy atom. The molecule has 0 radical (unpaired) electrons. The largest absolute Gasteiger partial charge is 0.358 e. The minimum absolute atomic E-state index is 0.577. The van der Waals surface area contributed by atoms with E-state index in [9.17, 15) is 0 Å². The van der Waals surface area contributed by atoms with Gasteiger partial charge in [-0.3, -0.25) is 0 Å². The van der Waals surface area contributed by atoms with E-state index in [-0.39, 0.29) is 0 Å². The van der Waals surface area contributed by atoms with Crippen molar-refractivity contribution in [2.24, 2.45) is 0 Å². The van der Waals surface area contributed by atoms with Crippen LogP contribution in [0, 0.1) is 11.8 Å². The normalized spacial score (nSPS) is 8.50. The Kier molecular flexibility index (Phi) is 3.43. The number of pyridine rings is 1. The van der Waals surface area contributed by atoms with Crippen molar-refractivity contribution in [3.8, 4) is 11.8 Å². The Morgan fingerprint density at radius 1 is 1.67 bits per heavy atom. The third-order valence-corrected chi connectivity index (χ3v) is 1.58. The van der Waals surface area contributed by atoms with E-state index in [4.69, 9.17) is 11.6 Å². The van der Waals surface area contributed by atoms with E-state index in [1.54, 1.807) is 25.3 Å². The lowest BCUT2D eigenvalue weighted by Crippen LogP contribution is -2.00. The van der Waals surface area contributed by atoms with Crippen LogP contribution in [-0.4, -0.2) is 11.5 Å². The maximum Gasteiger partial charge on any atom is 0.145 e. The van der Waals surface area contributed by atoms with Crippen molar-refractivity contribution in [3.05, 3.63) is 23.4 Å². The lowest BCUT2D eigenvalue weighted by molar-refractivity contribution is 1.24. The molecule has 1 rings (SSSR count). The van der Waals surface area contributed by atoms with Gasteiger partial charge in [-0.25, -0.2) is 4.98 Å². The smallest absolute Gasteiger partial charge is 0.145 e. The minimum Gasteiger partial charge on any atom is -0.358 e. The molecule has 0 amide bonds. The molecular formula is C9H9ClN2. The van der Waals surface area contributed by atoms with Gasteiger partial charge >= 0.3 is 0 Å². The zero-order valence-electron chi connectivity index (χ0n) is 6.76. The molecule has 0 unspecified atom stereocenters. The summed E-state index contributed by atoms with van der Waals surface area (Å²) in [6, 6.07) is 3.58. The van der Waals surface area contributed by atoms with Crippen molar-refractivity contribution in [2.75, 3.05) is 11.9 Å². The van der Waals surface area contributed by atoms with E-state index in [0.29, 0.717) is 17.4 Å². The van der Waals surface area contributed by atoms with Crippen molar-refractivity contribution >= 4 is 17.4 Å². The molecule has 0 aromatic carbocycles. The first-order chi connectivity index (χ1) is 5.84. The molecule has 0 atom stereocenters. The summed E-state index contributed by atoms with van der Waals surface area (Å²) in [6.07, 6.45) is 1.69. The molecule has 0 bridgehead atoms. The zero-order chi connectivity index (χ0) is 8.81. The van der Waals surface area contributed by atoms with Gasteiger partial charge in [0.05, 0.1) is 11.6 Å². The first kappa shape index (κ1) is 8.89. The van der Waals surface area contributed by atoms with Crippen molar-refractivity contribution in [1.29, 1.82) is 0 Å². The van der Waals surface area contributed by atoms with Gasteiger partial charge in [0.2, 0.25) is 0 Å². The SMILES string of the molecule is CC#CCNc1ncccc1Cl. The highest BCUT2D eigenvalue weighted by Crippen LogP contribution is 2.16. The summed E-state index contributed by atoms with van der Waals surface area (Å²) in [5.74, 6) is 6.32. The Hall–Kier alpha value is -1.20. The van der Waals surface area contributed by atoms with Crippen LogP contribution >= 0.6 is 11.6 Å². The minimum atomic E-state index is 0.577. The van der Waals surface area contributed by atoms with E-state index in [2.05, 4.69) is 22.1 Å². The highest BCUT2D eigenvalue weighted by Gasteiger charge is 1.95. The fraction of sp³-hybridized carbons (Fsp3) is 0.222. The number of nitrogens with one attached hydrogen (secondary N) is 1. The summed E-state index contributed by atoms with van der Waals surface area (Å²) in [4.78, 5) is 4.04. The van der Waals surface area contributed by atoms with E-state index in [1.807, 2.05) is 0 Å². The van der Waals surface area contributed by atoms with Crippen LogP contribution in [0.1, 0.15) is 6.92 Å². The van der Waals surface area contributed by atoms with Crippen LogP contribution in [0.3, 0.4) is 0 Å². The highest BCUT2D eigenvalue weighted by atomic mass is 35.5. The monoisotopic (exact) mass is 180 g/mol. The summed E-state index contributed by atoms with van der Waals surface area (Å²) in [5, 5.41) is 3.62. The summed E-state index contributed by atoms with van der Waals surface area (Å²) in [5.41, 5.74) is 0. The van der Waals surface area contributed by atoms with Crippen molar-refractivity contribution in [3.63, 3.8) is 0 Å². The molecule has 0 spiro atoms. The summed E-state index contributed by atoms with van der Waals surface area (Å²) < 4.78 is 0. The van der Waals surface area contributed by atoms with Crippen molar-refractivity contribution in [1.82, 2.24) is 4.98 Å². The number of nitrogens with zero attached hydrogens (tertiary/aromatic N) is 1. The maximum absolute atomic E-state index is 5.83. The fourth-order valence-electron chi connectivity index (χ4n) is 0.732. The van der Waals surface area contributed by atoms with Gasteiger partial charge in [0.15, 0.2) is 0 Å². The van der Waals surface area contributed by atoms with E-state index in [1.165, 1.54) is 0 Å². The average molecular weight is 181 g/mol. The predicted molar refractivity (Wildman–Crippen MR) is 51.2 cm³/mol. The van der Waals surface area contributed by atoms with E-state index >= 15 is 0 Å². The van der Waals surface area contributed by atoms with Gasteiger partial charge in [0.25, 0.3) is 0 Å². The molecule has 1 aromatic heterocycles. The second-order valence-electron chi connectivity index (χ2n) is 2.11. The summed E-state index contributed by atoms with van der Waals surface area (Å²) in [7, 11) is 0. The molecule has 0 saturated carbocycles. The van der Waals surface area contributed by atoms with Crippen molar-refractivity contribution < 1.29 is 0 Å². The van der Waals surface area contributed by atoms with Crippen molar-refractivity contribution in [2.45, 2.75) is 6.92 Å². The summed E-state index contributed by atoms with van der Waals surface area (Å²) >= 11 is 5.83. The molecule has 1 aromatic rings. The van der Waals surface area contributed by atoms with Crippen LogP contribution < -0.4 is 5.32 Å². The van der Waals surface area contributed by atoms with Gasteiger partial charge in [-0.2, -0.15) is 0 Å². The maximum atomic E-state index is 5.83. The molecule has 0 fully saturated rings. The predicted octanol–water partition coefficient (Wildman–Crippen LogP) is 2.17. The van der Waals surface area contributed by atoms with Gasteiger partial charge in [-0.1, -0.05) is 17.5 Å². The molecule has 1 N–H and O–H groups in total. The average Bonchev–Trinajstić information content (AvgIpc) is 2.09. The Labute approximate surface area is 77.0 Å². The third kappa shape index (κ3) is 2.44. The molecule has 0 aliphatic carbocycles. The first-order valence-electron chi connectivity index (χ1n) is 3.58. The highest BCUT2D eigenvalue weighted by molar-refractivity contribution is 6.32. The van der Waals surface area contributed by atoms with Gasteiger partial charge in [0, 0.05) is 6.20 Å².